The van der Waals surface area contributed by atoms with E-state index in [1.165, 1.54) is 10.8 Å². The molecular formula is C14H11N3. The van der Waals surface area contributed by atoms with Gasteiger partial charge in [-0.25, -0.2) is 9.97 Å². The predicted octanol–water partition coefficient (Wildman–Crippen LogP) is 2.88. The summed E-state index contributed by atoms with van der Waals surface area (Å²) in [6.07, 6.45) is 3.51. The highest BCUT2D eigenvalue weighted by atomic mass is 15.0. The lowest BCUT2D eigenvalue weighted by atomic mass is 10.0. The maximum absolute atomic E-state index is 5.50. The number of rotatable bonds is 1. The van der Waals surface area contributed by atoms with E-state index in [2.05, 4.69) is 34.2 Å². The minimum atomic E-state index is 0.300. The largest absolute Gasteiger partial charge is 0.368 e. The van der Waals surface area contributed by atoms with Crippen LogP contribution in [0.25, 0.3) is 21.9 Å². The number of fused-ring (bicyclic) bond motifs is 1. The second kappa shape index (κ2) is 3.87. The Balaban J connectivity index is 2.27. The summed E-state index contributed by atoms with van der Waals surface area (Å²) in [6, 6.07) is 14.5. The van der Waals surface area contributed by atoms with Crippen molar-refractivity contribution in [1.29, 1.82) is 0 Å². The first-order valence-corrected chi connectivity index (χ1v) is 5.40. The average Bonchev–Trinajstić information content (AvgIpc) is 2.39. The van der Waals surface area contributed by atoms with Crippen molar-refractivity contribution >= 4 is 16.7 Å². The quantitative estimate of drug-likeness (QED) is 0.687. The van der Waals surface area contributed by atoms with E-state index in [0.29, 0.717) is 5.95 Å². The molecule has 82 valence electrons. The molecule has 2 N–H and O–H groups in total. The van der Waals surface area contributed by atoms with E-state index in [1.807, 2.05) is 18.2 Å². The Hall–Kier alpha value is -2.42. The molecule has 0 unspecified atom stereocenters. The number of hydrogen-bond donors (Lipinski definition) is 1. The van der Waals surface area contributed by atoms with Gasteiger partial charge in [-0.05, 0) is 16.3 Å². The zero-order chi connectivity index (χ0) is 11.7. The molecule has 0 radical (unpaired) electrons. The van der Waals surface area contributed by atoms with Crippen LogP contribution >= 0.6 is 0 Å². The number of nitrogens with two attached hydrogens (primary N) is 1. The fourth-order valence-corrected chi connectivity index (χ4v) is 1.95. The fourth-order valence-electron chi connectivity index (χ4n) is 1.95. The molecule has 3 rings (SSSR count). The summed E-state index contributed by atoms with van der Waals surface area (Å²) in [6.45, 7) is 0. The van der Waals surface area contributed by atoms with Gasteiger partial charge in [0.2, 0.25) is 5.95 Å². The summed E-state index contributed by atoms with van der Waals surface area (Å²) < 4.78 is 0. The highest BCUT2D eigenvalue weighted by molar-refractivity contribution is 5.96. The van der Waals surface area contributed by atoms with Crippen LogP contribution in [0, 0.1) is 0 Å². The molecule has 0 aliphatic rings. The summed E-state index contributed by atoms with van der Waals surface area (Å²) in [5.74, 6) is 0.300. The highest BCUT2D eigenvalue weighted by Gasteiger charge is 2.03. The molecule has 0 aliphatic heterocycles. The van der Waals surface area contributed by atoms with E-state index < -0.39 is 0 Å². The molecular weight excluding hydrogens is 210 g/mol. The van der Waals surface area contributed by atoms with Gasteiger partial charge in [0.05, 0.1) is 0 Å². The number of benzene rings is 2. The Kier molecular flexibility index (Phi) is 2.22. The molecule has 0 spiro atoms. The van der Waals surface area contributed by atoms with Crippen molar-refractivity contribution in [3.8, 4) is 11.1 Å². The first-order valence-electron chi connectivity index (χ1n) is 5.40. The van der Waals surface area contributed by atoms with Crippen LogP contribution in [0.2, 0.25) is 0 Å². The highest BCUT2D eigenvalue weighted by Crippen LogP contribution is 2.27. The Morgan fingerprint density at radius 3 is 2.35 bits per heavy atom. The summed E-state index contributed by atoms with van der Waals surface area (Å²) in [5.41, 5.74) is 7.61. The van der Waals surface area contributed by atoms with Crippen molar-refractivity contribution in [3.63, 3.8) is 0 Å². The zero-order valence-corrected chi connectivity index (χ0v) is 9.17. The number of hydrogen-bond acceptors (Lipinski definition) is 3. The molecule has 0 fully saturated rings. The van der Waals surface area contributed by atoms with Gasteiger partial charge in [-0.1, -0.05) is 42.5 Å². The van der Waals surface area contributed by atoms with Crippen molar-refractivity contribution in [1.82, 2.24) is 9.97 Å². The molecule has 3 heteroatoms. The van der Waals surface area contributed by atoms with Crippen LogP contribution in [0.1, 0.15) is 0 Å². The lowest BCUT2D eigenvalue weighted by molar-refractivity contribution is 1.19. The fraction of sp³-hybridized carbons (Fsp3) is 0. The standard InChI is InChI=1S/C14H11N3/c15-14-16-8-11(9-17-14)13-7-3-5-10-4-1-2-6-12(10)13/h1-9H,(H2,15,16,17). The molecule has 1 heterocycles. The molecule has 0 amide bonds. The van der Waals surface area contributed by atoms with Crippen LogP contribution in [0.5, 0.6) is 0 Å². The van der Waals surface area contributed by atoms with Crippen LogP contribution in [0.15, 0.2) is 54.9 Å². The smallest absolute Gasteiger partial charge is 0.219 e. The summed E-state index contributed by atoms with van der Waals surface area (Å²) in [5, 5.41) is 2.41. The molecule has 0 aliphatic carbocycles. The lowest BCUT2D eigenvalue weighted by Crippen LogP contribution is -1.93. The van der Waals surface area contributed by atoms with Crippen LogP contribution in [-0.2, 0) is 0 Å². The number of aromatic nitrogens is 2. The minimum absolute atomic E-state index is 0.300. The van der Waals surface area contributed by atoms with Gasteiger partial charge in [0.1, 0.15) is 0 Å². The van der Waals surface area contributed by atoms with Gasteiger partial charge >= 0.3 is 0 Å². The summed E-state index contributed by atoms with van der Waals surface area (Å²) >= 11 is 0. The van der Waals surface area contributed by atoms with Gasteiger partial charge < -0.3 is 5.73 Å². The van der Waals surface area contributed by atoms with Crippen molar-refractivity contribution in [2.24, 2.45) is 0 Å². The van der Waals surface area contributed by atoms with Crippen molar-refractivity contribution < 1.29 is 0 Å². The van der Waals surface area contributed by atoms with Crippen molar-refractivity contribution in [2.45, 2.75) is 0 Å². The molecule has 3 nitrogen and oxygen atoms in total. The lowest BCUT2D eigenvalue weighted by Gasteiger charge is -2.05. The number of anilines is 1. The SMILES string of the molecule is Nc1ncc(-c2cccc3ccccc23)cn1. The van der Waals surface area contributed by atoms with E-state index in [0.717, 1.165) is 11.1 Å². The first-order chi connectivity index (χ1) is 8.34. The normalized spacial score (nSPS) is 10.6. The van der Waals surface area contributed by atoms with Crippen molar-refractivity contribution in [3.05, 3.63) is 54.9 Å². The zero-order valence-electron chi connectivity index (χ0n) is 9.17. The Morgan fingerprint density at radius 2 is 1.53 bits per heavy atom. The molecule has 3 aromatic rings. The molecule has 0 atom stereocenters. The number of nitrogens with zero attached hydrogens (tertiary/aromatic N) is 2. The van der Waals surface area contributed by atoms with Gasteiger partial charge in [0, 0.05) is 18.0 Å². The van der Waals surface area contributed by atoms with Crippen molar-refractivity contribution in [2.75, 3.05) is 5.73 Å². The van der Waals surface area contributed by atoms with Gasteiger partial charge in [-0.15, -0.1) is 0 Å². The summed E-state index contributed by atoms with van der Waals surface area (Å²) in [4.78, 5) is 8.06. The minimum Gasteiger partial charge on any atom is -0.368 e. The predicted molar refractivity (Wildman–Crippen MR) is 69.4 cm³/mol. The maximum Gasteiger partial charge on any atom is 0.219 e. The summed E-state index contributed by atoms with van der Waals surface area (Å²) in [7, 11) is 0. The van der Waals surface area contributed by atoms with Crippen LogP contribution in [0.3, 0.4) is 0 Å². The molecule has 17 heavy (non-hydrogen) atoms. The van der Waals surface area contributed by atoms with Gasteiger partial charge in [-0.2, -0.15) is 0 Å². The van der Waals surface area contributed by atoms with Crippen LogP contribution in [0.4, 0.5) is 5.95 Å². The van der Waals surface area contributed by atoms with E-state index in [9.17, 15) is 0 Å². The molecule has 2 aromatic carbocycles. The third-order valence-corrected chi connectivity index (χ3v) is 2.77. The second-order valence-corrected chi connectivity index (χ2v) is 3.86. The van der Waals surface area contributed by atoms with E-state index in [-0.39, 0.29) is 0 Å². The van der Waals surface area contributed by atoms with E-state index >= 15 is 0 Å². The van der Waals surface area contributed by atoms with Gasteiger partial charge in [0.15, 0.2) is 0 Å². The third-order valence-electron chi connectivity index (χ3n) is 2.77. The molecule has 1 aromatic heterocycles. The van der Waals surface area contributed by atoms with Gasteiger partial charge in [-0.3, -0.25) is 0 Å². The molecule has 0 saturated heterocycles. The van der Waals surface area contributed by atoms with E-state index in [1.54, 1.807) is 12.4 Å². The third kappa shape index (κ3) is 1.72. The van der Waals surface area contributed by atoms with Crippen LogP contribution in [-0.4, -0.2) is 9.97 Å². The Morgan fingerprint density at radius 1 is 0.824 bits per heavy atom. The first kappa shape index (κ1) is 9.78. The maximum atomic E-state index is 5.50. The molecule has 0 saturated carbocycles. The monoisotopic (exact) mass is 221 g/mol. The number of nitrogen functional groups attached to an aromatic ring is 1. The average molecular weight is 221 g/mol. The van der Waals surface area contributed by atoms with Gasteiger partial charge in [0.25, 0.3) is 0 Å². The Labute approximate surface area is 98.9 Å². The van der Waals surface area contributed by atoms with E-state index in [4.69, 9.17) is 5.73 Å². The second-order valence-electron chi connectivity index (χ2n) is 3.86. The molecule has 0 bridgehead atoms. The topological polar surface area (TPSA) is 51.8 Å². The Bertz CT molecular complexity index is 654. The van der Waals surface area contributed by atoms with Crippen LogP contribution < -0.4 is 5.73 Å².